The van der Waals surface area contributed by atoms with Crippen molar-refractivity contribution in [2.45, 2.75) is 20.3 Å². The van der Waals surface area contributed by atoms with Crippen LogP contribution in [-0.4, -0.2) is 30.5 Å². The molecule has 0 fully saturated rings. The average Bonchev–Trinajstić information content (AvgIpc) is 2.63. The van der Waals surface area contributed by atoms with E-state index in [1.807, 2.05) is 0 Å². The van der Waals surface area contributed by atoms with Crippen LogP contribution >= 0.6 is 0 Å². The van der Waals surface area contributed by atoms with Crippen molar-refractivity contribution in [1.82, 2.24) is 0 Å². The van der Waals surface area contributed by atoms with Gasteiger partial charge in [-0.15, -0.1) is 0 Å². The SMILES string of the molecule is COc1ccccc1CC(=O)OCC(=O)Nc1cc(C)c(C)cc1[N+](=O)[O-]. The number of carbonyl (C=O) groups excluding carboxylic acids is 2. The predicted molar refractivity (Wildman–Crippen MR) is 98.9 cm³/mol. The van der Waals surface area contributed by atoms with Gasteiger partial charge in [-0.1, -0.05) is 18.2 Å². The summed E-state index contributed by atoms with van der Waals surface area (Å²) in [6, 6.07) is 9.88. The second-order valence-electron chi connectivity index (χ2n) is 5.91. The number of anilines is 1. The van der Waals surface area contributed by atoms with E-state index in [0.717, 1.165) is 11.1 Å². The van der Waals surface area contributed by atoms with E-state index in [9.17, 15) is 19.7 Å². The van der Waals surface area contributed by atoms with Crippen LogP contribution in [0.4, 0.5) is 11.4 Å². The van der Waals surface area contributed by atoms with E-state index < -0.39 is 23.4 Å². The molecule has 0 heterocycles. The third-order valence-electron chi connectivity index (χ3n) is 3.97. The number of ether oxygens (including phenoxy) is 2. The van der Waals surface area contributed by atoms with E-state index in [2.05, 4.69) is 5.32 Å². The molecule has 0 atom stereocenters. The van der Waals surface area contributed by atoms with Crippen molar-refractivity contribution in [2.75, 3.05) is 19.0 Å². The van der Waals surface area contributed by atoms with Gasteiger partial charge in [0.1, 0.15) is 11.4 Å². The molecule has 0 saturated heterocycles. The van der Waals surface area contributed by atoms with Crippen LogP contribution < -0.4 is 10.1 Å². The molecule has 0 bridgehead atoms. The lowest BCUT2D eigenvalue weighted by atomic mass is 10.1. The molecule has 0 aliphatic heterocycles. The van der Waals surface area contributed by atoms with Gasteiger partial charge in [-0.3, -0.25) is 19.7 Å². The van der Waals surface area contributed by atoms with Gasteiger partial charge in [-0.25, -0.2) is 0 Å². The summed E-state index contributed by atoms with van der Waals surface area (Å²) >= 11 is 0. The average molecular weight is 372 g/mol. The number of methoxy groups -OCH3 is 1. The molecular weight excluding hydrogens is 352 g/mol. The molecule has 27 heavy (non-hydrogen) atoms. The Hall–Kier alpha value is -3.42. The van der Waals surface area contributed by atoms with Crippen LogP contribution in [0.1, 0.15) is 16.7 Å². The van der Waals surface area contributed by atoms with Crippen molar-refractivity contribution < 1.29 is 24.0 Å². The third-order valence-corrected chi connectivity index (χ3v) is 3.97. The first-order valence-corrected chi connectivity index (χ1v) is 8.14. The maximum atomic E-state index is 12.0. The number of esters is 1. The van der Waals surface area contributed by atoms with Gasteiger partial charge in [0.15, 0.2) is 6.61 Å². The molecule has 142 valence electrons. The summed E-state index contributed by atoms with van der Waals surface area (Å²) in [5, 5.41) is 13.6. The molecule has 0 spiro atoms. The van der Waals surface area contributed by atoms with Gasteiger partial charge in [-0.2, -0.15) is 0 Å². The van der Waals surface area contributed by atoms with E-state index in [0.29, 0.717) is 11.3 Å². The number of nitrogens with zero attached hydrogens (tertiary/aromatic N) is 1. The zero-order valence-corrected chi connectivity index (χ0v) is 15.3. The molecule has 0 aromatic heterocycles. The number of nitro groups is 1. The summed E-state index contributed by atoms with van der Waals surface area (Å²) in [7, 11) is 1.49. The number of aryl methyl sites for hydroxylation is 2. The van der Waals surface area contributed by atoms with Gasteiger partial charge in [0.25, 0.3) is 11.6 Å². The van der Waals surface area contributed by atoms with Crippen LogP contribution in [0.2, 0.25) is 0 Å². The topological polar surface area (TPSA) is 108 Å². The maximum absolute atomic E-state index is 12.0. The molecule has 2 aromatic carbocycles. The lowest BCUT2D eigenvalue weighted by Crippen LogP contribution is -2.22. The van der Waals surface area contributed by atoms with Crippen molar-refractivity contribution in [3.05, 3.63) is 63.2 Å². The highest BCUT2D eigenvalue weighted by atomic mass is 16.6. The van der Waals surface area contributed by atoms with E-state index >= 15 is 0 Å². The number of rotatable bonds is 7. The zero-order valence-electron chi connectivity index (χ0n) is 15.3. The van der Waals surface area contributed by atoms with E-state index in [1.54, 1.807) is 38.1 Å². The van der Waals surface area contributed by atoms with Crippen LogP contribution in [0.5, 0.6) is 5.75 Å². The lowest BCUT2D eigenvalue weighted by Gasteiger charge is -2.10. The smallest absolute Gasteiger partial charge is 0.310 e. The molecule has 1 N–H and O–H groups in total. The summed E-state index contributed by atoms with van der Waals surface area (Å²) in [6.07, 6.45) is -0.0545. The van der Waals surface area contributed by atoms with Crippen molar-refractivity contribution in [1.29, 1.82) is 0 Å². The quantitative estimate of drug-likeness (QED) is 0.455. The number of carbonyl (C=O) groups is 2. The largest absolute Gasteiger partial charge is 0.496 e. The van der Waals surface area contributed by atoms with Crippen LogP contribution in [0.3, 0.4) is 0 Å². The highest BCUT2D eigenvalue weighted by Crippen LogP contribution is 2.27. The fourth-order valence-electron chi connectivity index (χ4n) is 2.44. The number of amides is 1. The second kappa shape index (κ2) is 8.79. The van der Waals surface area contributed by atoms with Crippen LogP contribution in [-0.2, 0) is 20.7 Å². The Labute approximate surface area is 156 Å². The van der Waals surface area contributed by atoms with Gasteiger partial charge in [-0.05, 0) is 37.1 Å². The Kier molecular flexibility index (Phi) is 6.48. The van der Waals surface area contributed by atoms with Crippen molar-refractivity contribution in [2.24, 2.45) is 0 Å². The zero-order chi connectivity index (χ0) is 20.0. The summed E-state index contributed by atoms with van der Waals surface area (Å²) in [5.41, 5.74) is 2.02. The number of benzene rings is 2. The fraction of sp³-hybridized carbons (Fsp3) is 0.263. The Balaban J connectivity index is 1.97. The summed E-state index contributed by atoms with van der Waals surface area (Å²) in [6.45, 7) is 2.98. The predicted octanol–water partition coefficient (Wildman–Crippen LogP) is 2.94. The standard InChI is InChI=1S/C19H20N2O6/c1-12-8-15(16(21(24)25)9-13(12)2)20-18(22)11-27-19(23)10-14-6-4-5-7-17(14)26-3/h4-9H,10-11H2,1-3H3,(H,20,22). The van der Waals surface area contributed by atoms with Crippen molar-refractivity contribution in [3.8, 4) is 5.75 Å². The molecule has 0 unspecified atom stereocenters. The fourth-order valence-corrected chi connectivity index (χ4v) is 2.44. The minimum Gasteiger partial charge on any atom is -0.496 e. The summed E-state index contributed by atoms with van der Waals surface area (Å²) in [4.78, 5) is 34.6. The first-order chi connectivity index (χ1) is 12.8. The first kappa shape index (κ1) is 19.9. The van der Waals surface area contributed by atoms with E-state index in [1.165, 1.54) is 19.2 Å². The molecule has 8 nitrogen and oxygen atoms in total. The molecule has 0 aliphatic carbocycles. The summed E-state index contributed by atoms with van der Waals surface area (Å²) < 4.78 is 10.1. The monoisotopic (exact) mass is 372 g/mol. The van der Waals surface area contributed by atoms with Gasteiger partial charge >= 0.3 is 5.97 Å². The molecule has 0 aliphatic rings. The molecule has 0 saturated carbocycles. The van der Waals surface area contributed by atoms with Gasteiger partial charge in [0.2, 0.25) is 0 Å². The minimum atomic E-state index is -0.658. The Morgan fingerprint density at radius 3 is 2.48 bits per heavy atom. The van der Waals surface area contributed by atoms with Crippen LogP contribution in [0, 0.1) is 24.0 Å². The van der Waals surface area contributed by atoms with Gasteiger partial charge in [0.05, 0.1) is 18.5 Å². The number of nitro benzene ring substituents is 1. The molecule has 0 radical (unpaired) electrons. The molecule has 8 heteroatoms. The van der Waals surface area contributed by atoms with Gasteiger partial charge < -0.3 is 14.8 Å². The van der Waals surface area contributed by atoms with Crippen molar-refractivity contribution >= 4 is 23.3 Å². The molecular formula is C19H20N2O6. The van der Waals surface area contributed by atoms with E-state index in [4.69, 9.17) is 9.47 Å². The second-order valence-corrected chi connectivity index (χ2v) is 5.91. The first-order valence-electron chi connectivity index (χ1n) is 8.14. The Bertz CT molecular complexity index is 878. The molecule has 2 rings (SSSR count). The Morgan fingerprint density at radius 1 is 1.15 bits per heavy atom. The van der Waals surface area contributed by atoms with Crippen LogP contribution in [0.25, 0.3) is 0 Å². The number of hydrogen-bond donors (Lipinski definition) is 1. The number of hydrogen-bond acceptors (Lipinski definition) is 6. The highest BCUT2D eigenvalue weighted by Gasteiger charge is 2.18. The minimum absolute atomic E-state index is 0.0545. The lowest BCUT2D eigenvalue weighted by molar-refractivity contribution is -0.384. The number of nitrogens with one attached hydrogen (secondary N) is 1. The molecule has 1 amide bonds. The third kappa shape index (κ3) is 5.27. The van der Waals surface area contributed by atoms with E-state index in [-0.39, 0.29) is 17.8 Å². The number of para-hydroxylation sites is 1. The van der Waals surface area contributed by atoms with Crippen LogP contribution in [0.15, 0.2) is 36.4 Å². The summed E-state index contributed by atoms with van der Waals surface area (Å²) in [5.74, 6) is -0.719. The van der Waals surface area contributed by atoms with Crippen molar-refractivity contribution in [3.63, 3.8) is 0 Å². The normalized spacial score (nSPS) is 10.2. The Morgan fingerprint density at radius 2 is 1.81 bits per heavy atom. The molecule has 2 aromatic rings. The van der Waals surface area contributed by atoms with Gasteiger partial charge in [0, 0.05) is 11.6 Å². The highest BCUT2D eigenvalue weighted by molar-refractivity contribution is 5.95. The maximum Gasteiger partial charge on any atom is 0.310 e.